The Morgan fingerprint density at radius 2 is 1.03 bits per heavy atom. The summed E-state index contributed by atoms with van der Waals surface area (Å²) in [5.41, 5.74) is -14.7. The zero-order valence-electron chi connectivity index (χ0n) is 13.8. The van der Waals surface area contributed by atoms with Crippen LogP contribution in [-0.2, 0) is 24.6 Å². The van der Waals surface area contributed by atoms with Gasteiger partial charge in [0.25, 0.3) is 5.67 Å². The first kappa shape index (κ1) is 22.4. The Hall–Kier alpha value is -3.84. The molecule has 30 heavy (non-hydrogen) atoms. The fourth-order valence-electron chi connectivity index (χ4n) is 2.86. The number of hydrogen-bond donors (Lipinski definition) is 4. The second kappa shape index (κ2) is 6.89. The van der Waals surface area contributed by atoms with Crippen LogP contribution in [0.2, 0.25) is 0 Å². The summed E-state index contributed by atoms with van der Waals surface area (Å²) in [5.74, 6) is -24.3. The van der Waals surface area contributed by atoms with Gasteiger partial charge in [0.05, 0.1) is 16.7 Å². The summed E-state index contributed by atoms with van der Waals surface area (Å²) in [6.45, 7) is 0. The number of benzene rings is 1. The van der Waals surface area contributed by atoms with Gasteiger partial charge in [0.2, 0.25) is 5.82 Å². The SMILES string of the molecule is O=C(O)C1=CC(C(=O)O)(c2c(F)c(F)c(F)c(F)c2F)C(C(=O)O)=CC1(F)C(=O)O. The molecule has 1 aliphatic rings. The quantitative estimate of drug-likeness (QED) is 0.306. The largest absolute Gasteiger partial charge is 0.480 e. The second-order valence-corrected chi connectivity index (χ2v) is 5.80. The molecule has 0 bridgehead atoms. The predicted octanol–water partition coefficient (Wildman–Crippen LogP) is 1.53. The second-order valence-electron chi connectivity index (χ2n) is 5.80. The van der Waals surface area contributed by atoms with E-state index in [1.165, 1.54) is 0 Å². The van der Waals surface area contributed by atoms with Gasteiger partial charge >= 0.3 is 23.9 Å². The maximum absolute atomic E-state index is 14.8. The minimum Gasteiger partial charge on any atom is -0.480 e. The highest BCUT2D eigenvalue weighted by Gasteiger charge is 2.59. The molecule has 0 aromatic heterocycles. The van der Waals surface area contributed by atoms with Gasteiger partial charge in [-0.3, -0.25) is 4.79 Å². The van der Waals surface area contributed by atoms with E-state index < -0.39 is 92.9 Å². The van der Waals surface area contributed by atoms with Crippen molar-refractivity contribution in [3.05, 3.63) is 57.9 Å². The third-order valence-electron chi connectivity index (χ3n) is 4.23. The Kier molecular flexibility index (Phi) is 5.16. The first-order valence-corrected chi connectivity index (χ1v) is 7.25. The summed E-state index contributed by atoms with van der Waals surface area (Å²) >= 11 is 0. The first-order valence-electron chi connectivity index (χ1n) is 7.25. The van der Waals surface area contributed by atoms with Gasteiger partial charge in [-0.05, 0) is 12.2 Å². The topological polar surface area (TPSA) is 149 Å². The number of halogens is 6. The average Bonchev–Trinajstić information content (AvgIpc) is 2.64. The Morgan fingerprint density at radius 3 is 1.37 bits per heavy atom. The van der Waals surface area contributed by atoms with Crippen molar-refractivity contribution in [1.29, 1.82) is 0 Å². The maximum atomic E-state index is 14.8. The summed E-state index contributed by atoms with van der Waals surface area (Å²) < 4.78 is 84.0. The Labute approximate surface area is 160 Å². The van der Waals surface area contributed by atoms with Gasteiger partial charge in [0.1, 0.15) is 5.41 Å². The molecule has 0 fully saturated rings. The standard InChI is InChI=1S/C16H6F6O8/c17-6-5(7(18)9(20)10(21)8(6)19)15(13(27)28)1-4(12(25)26)16(22,14(29)30)2-3(15)11(23)24/h1-2H,(H,23,24)(H,25,26)(H,27,28)(H,29,30). The summed E-state index contributed by atoms with van der Waals surface area (Å²) in [5, 5.41) is 36.7. The van der Waals surface area contributed by atoms with E-state index in [0.29, 0.717) is 0 Å². The van der Waals surface area contributed by atoms with Crippen LogP contribution in [0, 0.1) is 29.1 Å². The summed E-state index contributed by atoms with van der Waals surface area (Å²) in [6, 6.07) is 0. The molecule has 1 aromatic carbocycles. The molecule has 0 spiro atoms. The van der Waals surface area contributed by atoms with Crippen LogP contribution in [0.1, 0.15) is 5.56 Å². The highest BCUT2D eigenvalue weighted by Crippen LogP contribution is 2.47. The number of carboxylic acid groups (broad SMARTS) is 4. The van der Waals surface area contributed by atoms with Crippen molar-refractivity contribution >= 4 is 23.9 Å². The number of aliphatic carboxylic acids is 4. The van der Waals surface area contributed by atoms with E-state index in [1.54, 1.807) is 0 Å². The summed E-state index contributed by atoms with van der Waals surface area (Å²) in [4.78, 5) is 45.9. The zero-order valence-corrected chi connectivity index (χ0v) is 13.8. The lowest BCUT2D eigenvalue weighted by atomic mass is 9.66. The molecule has 2 rings (SSSR count). The molecule has 160 valence electrons. The van der Waals surface area contributed by atoms with Crippen LogP contribution < -0.4 is 0 Å². The highest BCUT2D eigenvalue weighted by atomic mass is 19.2. The van der Waals surface area contributed by atoms with Crippen molar-refractivity contribution in [2.75, 3.05) is 0 Å². The predicted molar refractivity (Wildman–Crippen MR) is 78.5 cm³/mol. The van der Waals surface area contributed by atoms with Gasteiger partial charge in [-0.1, -0.05) is 0 Å². The van der Waals surface area contributed by atoms with Crippen LogP contribution in [0.4, 0.5) is 26.3 Å². The van der Waals surface area contributed by atoms with Crippen LogP contribution in [0.3, 0.4) is 0 Å². The lowest BCUT2D eigenvalue weighted by Gasteiger charge is -2.35. The number of carboxylic acids is 4. The lowest BCUT2D eigenvalue weighted by molar-refractivity contribution is -0.150. The molecule has 14 heteroatoms. The van der Waals surface area contributed by atoms with Gasteiger partial charge in [-0.15, -0.1) is 0 Å². The summed E-state index contributed by atoms with van der Waals surface area (Å²) in [6.07, 6.45) is -1.14. The average molecular weight is 440 g/mol. The van der Waals surface area contributed by atoms with E-state index >= 15 is 0 Å². The highest BCUT2D eigenvalue weighted by molar-refractivity contribution is 6.09. The number of carbonyl (C=O) groups is 4. The van der Waals surface area contributed by atoms with Crippen molar-refractivity contribution in [2.45, 2.75) is 11.1 Å². The molecule has 0 saturated heterocycles. The van der Waals surface area contributed by atoms with E-state index in [0.717, 1.165) is 0 Å². The van der Waals surface area contributed by atoms with E-state index in [1.807, 2.05) is 0 Å². The molecule has 2 unspecified atom stereocenters. The van der Waals surface area contributed by atoms with Gasteiger partial charge < -0.3 is 20.4 Å². The third kappa shape index (κ3) is 2.79. The van der Waals surface area contributed by atoms with Crippen molar-refractivity contribution in [3.63, 3.8) is 0 Å². The van der Waals surface area contributed by atoms with Gasteiger partial charge in [-0.2, -0.15) is 0 Å². The molecule has 0 aliphatic heterocycles. The van der Waals surface area contributed by atoms with Crippen LogP contribution in [0.15, 0.2) is 23.3 Å². The molecule has 0 radical (unpaired) electrons. The van der Waals surface area contributed by atoms with Gasteiger partial charge in [0, 0.05) is 0 Å². The number of alkyl halides is 1. The minimum absolute atomic E-state index is 0.534. The summed E-state index contributed by atoms with van der Waals surface area (Å²) in [7, 11) is 0. The number of rotatable bonds is 5. The molecular weight excluding hydrogens is 434 g/mol. The number of hydrogen-bond acceptors (Lipinski definition) is 4. The third-order valence-corrected chi connectivity index (χ3v) is 4.23. The monoisotopic (exact) mass is 440 g/mol. The first-order chi connectivity index (χ1) is 13.6. The van der Waals surface area contributed by atoms with E-state index in [9.17, 15) is 55.7 Å². The minimum atomic E-state index is -4.22. The van der Waals surface area contributed by atoms with Gasteiger partial charge in [-0.25, -0.2) is 40.7 Å². The normalized spacial score (nSPS) is 23.4. The van der Waals surface area contributed by atoms with E-state index in [2.05, 4.69) is 0 Å². The zero-order chi connectivity index (χ0) is 23.3. The molecular formula is C16H6F6O8. The molecule has 0 heterocycles. The Bertz CT molecular complexity index is 1060. The van der Waals surface area contributed by atoms with Gasteiger partial charge in [0.15, 0.2) is 23.3 Å². The Balaban J connectivity index is 3.20. The van der Waals surface area contributed by atoms with Crippen molar-refractivity contribution in [1.82, 2.24) is 0 Å². The fraction of sp³-hybridized carbons (Fsp3) is 0.125. The van der Waals surface area contributed by atoms with E-state index in [4.69, 9.17) is 10.2 Å². The molecule has 1 aromatic rings. The molecule has 0 amide bonds. The van der Waals surface area contributed by atoms with Crippen molar-refractivity contribution in [2.24, 2.45) is 0 Å². The van der Waals surface area contributed by atoms with Crippen molar-refractivity contribution in [3.8, 4) is 0 Å². The smallest absolute Gasteiger partial charge is 0.350 e. The van der Waals surface area contributed by atoms with Crippen LogP contribution in [0.25, 0.3) is 0 Å². The van der Waals surface area contributed by atoms with Crippen LogP contribution >= 0.6 is 0 Å². The molecule has 0 saturated carbocycles. The lowest BCUT2D eigenvalue weighted by Crippen LogP contribution is -2.50. The van der Waals surface area contributed by atoms with Crippen molar-refractivity contribution < 1.29 is 65.9 Å². The Morgan fingerprint density at radius 1 is 0.633 bits per heavy atom. The van der Waals surface area contributed by atoms with Crippen LogP contribution in [0.5, 0.6) is 0 Å². The fourth-order valence-corrected chi connectivity index (χ4v) is 2.86. The molecule has 2 atom stereocenters. The molecule has 1 aliphatic carbocycles. The maximum Gasteiger partial charge on any atom is 0.350 e. The molecule has 4 N–H and O–H groups in total. The molecule has 8 nitrogen and oxygen atoms in total. The van der Waals surface area contributed by atoms with Crippen LogP contribution in [-0.4, -0.2) is 50.0 Å². The van der Waals surface area contributed by atoms with E-state index in [-0.39, 0.29) is 0 Å².